The summed E-state index contributed by atoms with van der Waals surface area (Å²) in [7, 11) is 0. The summed E-state index contributed by atoms with van der Waals surface area (Å²) in [5.41, 5.74) is 3.65. The van der Waals surface area contributed by atoms with E-state index in [0.717, 1.165) is 28.5 Å². The number of carbonyl (C=O) groups is 1. The molecule has 0 aliphatic rings. The molecule has 4 aromatic rings. The molecule has 0 aliphatic heterocycles. The standard InChI is InChI=1S/C22H17ClN4O3S/c1-13-2-4-14(5-3-13)17-11-24-30-21(17)26-20(29)12-31-22-25-18(10-19(28)27-22)15-6-8-16(23)9-7-15/h2-11H,12H2,1H3,(H,26,29)(H,25,27,28). The lowest BCUT2D eigenvalue weighted by molar-refractivity contribution is -0.113. The van der Waals surface area contributed by atoms with Crippen LogP contribution in [0.4, 0.5) is 5.88 Å². The number of anilines is 1. The highest BCUT2D eigenvalue weighted by Gasteiger charge is 2.14. The number of H-pyrrole nitrogens is 1. The van der Waals surface area contributed by atoms with Gasteiger partial charge in [0.1, 0.15) is 0 Å². The predicted molar refractivity (Wildman–Crippen MR) is 121 cm³/mol. The molecule has 7 nitrogen and oxygen atoms in total. The van der Waals surface area contributed by atoms with Crippen LogP contribution in [0.25, 0.3) is 22.4 Å². The van der Waals surface area contributed by atoms with Gasteiger partial charge in [-0.3, -0.25) is 14.9 Å². The van der Waals surface area contributed by atoms with Crippen molar-refractivity contribution in [1.29, 1.82) is 0 Å². The van der Waals surface area contributed by atoms with Crippen molar-refractivity contribution >= 4 is 35.2 Å². The molecule has 9 heteroatoms. The van der Waals surface area contributed by atoms with Gasteiger partial charge in [0.05, 0.1) is 23.2 Å². The lowest BCUT2D eigenvalue weighted by Gasteiger charge is -2.06. The zero-order valence-electron chi connectivity index (χ0n) is 16.4. The first-order valence-corrected chi connectivity index (χ1v) is 10.7. The van der Waals surface area contributed by atoms with Crippen LogP contribution in [0.2, 0.25) is 5.02 Å². The van der Waals surface area contributed by atoms with Crippen LogP contribution in [-0.2, 0) is 4.79 Å². The van der Waals surface area contributed by atoms with Gasteiger partial charge >= 0.3 is 0 Å². The van der Waals surface area contributed by atoms with E-state index < -0.39 is 0 Å². The zero-order valence-corrected chi connectivity index (χ0v) is 18.0. The van der Waals surface area contributed by atoms with Gasteiger partial charge in [-0.2, -0.15) is 0 Å². The van der Waals surface area contributed by atoms with Gasteiger partial charge in [-0.05, 0) is 24.6 Å². The van der Waals surface area contributed by atoms with Crippen LogP contribution in [0.5, 0.6) is 0 Å². The summed E-state index contributed by atoms with van der Waals surface area (Å²) < 4.78 is 5.20. The van der Waals surface area contributed by atoms with E-state index >= 15 is 0 Å². The molecule has 0 bridgehead atoms. The second kappa shape index (κ2) is 9.20. The molecule has 2 N–H and O–H groups in total. The summed E-state index contributed by atoms with van der Waals surface area (Å²) in [6.45, 7) is 2.00. The smallest absolute Gasteiger partial charge is 0.252 e. The van der Waals surface area contributed by atoms with E-state index in [-0.39, 0.29) is 23.1 Å². The van der Waals surface area contributed by atoms with Crippen LogP contribution in [0, 0.1) is 6.92 Å². The number of nitrogens with zero attached hydrogens (tertiary/aromatic N) is 2. The number of carbonyl (C=O) groups excluding carboxylic acids is 1. The summed E-state index contributed by atoms with van der Waals surface area (Å²) in [6, 6.07) is 16.2. The fraction of sp³-hybridized carbons (Fsp3) is 0.0909. The molecule has 2 aromatic heterocycles. The first-order chi connectivity index (χ1) is 15.0. The molecule has 2 heterocycles. The molecule has 0 saturated heterocycles. The highest BCUT2D eigenvalue weighted by molar-refractivity contribution is 7.99. The van der Waals surface area contributed by atoms with Crippen molar-refractivity contribution in [3.8, 4) is 22.4 Å². The number of benzene rings is 2. The monoisotopic (exact) mass is 452 g/mol. The Labute approximate surface area is 186 Å². The Morgan fingerprint density at radius 1 is 1.13 bits per heavy atom. The average molecular weight is 453 g/mol. The Kier molecular flexibility index (Phi) is 6.20. The van der Waals surface area contributed by atoms with Crippen molar-refractivity contribution in [3.05, 3.63) is 81.7 Å². The summed E-state index contributed by atoms with van der Waals surface area (Å²) in [4.78, 5) is 31.5. The van der Waals surface area contributed by atoms with Crippen LogP contribution in [0.1, 0.15) is 5.56 Å². The molecular weight excluding hydrogens is 436 g/mol. The third-order valence-corrected chi connectivity index (χ3v) is 5.51. The number of rotatable bonds is 6. The van der Waals surface area contributed by atoms with Crippen LogP contribution in [0.15, 0.2) is 75.3 Å². The number of amides is 1. The molecule has 0 fully saturated rings. The Morgan fingerprint density at radius 3 is 2.58 bits per heavy atom. The average Bonchev–Trinajstić information content (AvgIpc) is 3.21. The summed E-state index contributed by atoms with van der Waals surface area (Å²) in [6.07, 6.45) is 1.56. The van der Waals surface area contributed by atoms with Crippen molar-refractivity contribution in [3.63, 3.8) is 0 Å². The molecular formula is C22H17ClN4O3S. The predicted octanol–water partition coefficient (Wildman–Crippen LogP) is 4.78. The van der Waals surface area contributed by atoms with Gasteiger partial charge in [-0.15, -0.1) is 0 Å². The number of aromatic nitrogens is 3. The van der Waals surface area contributed by atoms with Gasteiger partial charge in [0, 0.05) is 16.7 Å². The molecule has 0 unspecified atom stereocenters. The van der Waals surface area contributed by atoms with Crippen molar-refractivity contribution in [1.82, 2.24) is 15.1 Å². The maximum Gasteiger partial charge on any atom is 0.252 e. The molecule has 0 saturated carbocycles. The number of aryl methyl sites for hydroxylation is 1. The van der Waals surface area contributed by atoms with Gasteiger partial charge in [0.2, 0.25) is 11.8 Å². The Balaban J connectivity index is 1.44. The van der Waals surface area contributed by atoms with Crippen molar-refractivity contribution in [2.45, 2.75) is 12.1 Å². The second-order valence-electron chi connectivity index (χ2n) is 6.71. The van der Waals surface area contributed by atoms with E-state index in [2.05, 4.69) is 20.4 Å². The molecule has 1 amide bonds. The summed E-state index contributed by atoms with van der Waals surface area (Å²) in [5.74, 6) is -0.0124. The first kappa shape index (κ1) is 20.9. The lowest BCUT2D eigenvalue weighted by Crippen LogP contribution is -2.15. The molecule has 0 aliphatic carbocycles. The number of aromatic amines is 1. The quantitative estimate of drug-likeness (QED) is 0.322. The number of thioether (sulfide) groups is 1. The summed E-state index contributed by atoms with van der Waals surface area (Å²) >= 11 is 7.03. The maximum absolute atomic E-state index is 12.4. The molecule has 2 aromatic carbocycles. The highest BCUT2D eigenvalue weighted by atomic mass is 35.5. The van der Waals surface area contributed by atoms with Gasteiger partial charge in [-0.25, -0.2) is 4.98 Å². The van der Waals surface area contributed by atoms with Gasteiger partial charge < -0.3 is 9.51 Å². The fourth-order valence-electron chi connectivity index (χ4n) is 2.84. The van der Waals surface area contributed by atoms with Crippen LogP contribution >= 0.6 is 23.4 Å². The highest BCUT2D eigenvalue weighted by Crippen LogP contribution is 2.28. The van der Waals surface area contributed by atoms with Crippen molar-refractivity contribution in [2.24, 2.45) is 0 Å². The SMILES string of the molecule is Cc1ccc(-c2cnoc2NC(=O)CSc2nc(-c3ccc(Cl)cc3)cc(=O)[nH]2)cc1. The topological polar surface area (TPSA) is 101 Å². The zero-order chi connectivity index (χ0) is 21.8. The molecule has 31 heavy (non-hydrogen) atoms. The van der Waals surface area contributed by atoms with E-state index in [9.17, 15) is 9.59 Å². The minimum Gasteiger partial charge on any atom is -0.338 e. The van der Waals surface area contributed by atoms with E-state index in [1.807, 2.05) is 31.2 Å². The number of nitrogens with one attached hydrogen (secondary N) is 2. The van der Waals surface area contributed by atoms with E-state index in [1.165, 1.54) is 6.07 Å². The first-order valence-electron chi connectivity index (χ1n) is 9.29. The minimum atomic E-state index is -0.311. The summed E-state index contributed by atoms with van der Waals surface area (Å²) in [5, 5.41) is 7.44. The van der Waals surface area contributed by atoms with Crippen LogP contribution < -0.4 is 10.9 Å². The van der Waals surface area contributed by atoms with E-state index in [0.29, 0.717) is 21.4 Å². The van der Waals surface area contributed by atoms with Gasteiger partial charge in [0.15, 0.2) is 5.16 Å². The molecule has 156 valence electrons. The largest absolute Gasteiger partial charge is 0.338 e. The number of halogens is 1. The number of hydrogen-bond acceptors (Lipinski definition) is 6. The minimum absolute atomic E-state index is 0.0288. The number of hydrogen-bond donors (Lipinski definition) is 2. The third kappa shape index (κ3) is 5.22. The Morgan fingerprint density at radius 2 is 1.84 bits per heavy atom. The molecule has 0 atom stereocenters. The van der Waals surface area contributed by atoms with Gasteiger partial charge in [0.25, 0.3) is 5.56 Å². The second-order valence-corrected chi connectivity index (χ2v) is 8.11. The molecule has 0 radical (unpaired) electrons. The fourth-order valence-corrected chi connectivity index (χ4v) is 3.64. The Bertz CT molecular complexity index is 1270. The van der Waals surface area contributed by atoms with Gasteiger partial charge in [-0.1, -0.05) is 70.5 Å². The Hall–Kier alpha value is -3.36. The van der Waals surface area contributed by atoms with Crippen molar-refractivity contribution in [2.75, 3.05) is 11.1 Å². The van der Waals surface area contributed by atoms with Crippen LogP contribution in [-0.4, -0.2) is 26.8 Å². The van der Waals surface area contributed by atoms with E-state index in [4.69, 9.17) is 16.1 Å². The van der Waals surface area contributed by atoms with Crippen LogP contribution in [0.3, 0.4) is 0 Å². The van der Waals surface area contributed by atoms with E-state index in [1.54, 1.807) is 30.5 Å². The third-order valence-electron chi connectivity index (χ3n) is 4.39. The lowest BCUT2D eigenvalue weighted by atomic mass is 10.1. The van der Waals surface area contributed by atoms with Crippen molar-refractivity contribution < 1.29 is 9.32 Å². The molecule has 0 spiro atoms. The maximum atomic E-state index is 12.4. The molecule has 4 rings (SSSR count). The normalized spacial score (nSPS) is 10.8.